The van der Waals surface area contributed by atoms with Gasteiger partial charge in [-0.2, -0.15) is 0 Å². The van der Waals surface area contributed by atoms with Crippen LogP contribution in [-0.4, -0.2) is 22.0 Å². The normalized spacial score (nSPS) is 24.0. The van der Waals surface area contributed by atoms with Crippen molar-refractivity contribution in [3.8, 4) is 0 Å². The van der Waals surface area contributed by atoms with Crippen molar-refractivity contribution in [2.45, 2.75) is 23.8 Å². The first kappa shape index (κ1) is 13.2. The number of hydrogen-bond acceptors (Lipinski definition) is 2. The van der Waals surface area contributed by atoms with Crippen molar-refractivity contribution >= 4 is 51.1 Å². The maximum Gasteiger partial charge on any atom is 0.272 e. The van der Waals surface area contributed by atoms with Gasteiger partial charge in [0.05, 0.1) is 4.58 Å². The molecule has 2 fully saturated rings. The minimum absolute atomic E-state index is 0.437. The Morgan fingerprint density at radius 2 is 1.78 bits per heavy atom. The van der Waals surface area contributed by atoms with E-state index in [1.54, 1.807) is 0 Å². The summed E-state index contributed by atoms with van der Waals surface area (Å²) in [7, 11) is 0. The van der Waals surface area contributed by atoms with Gasteiger partial charge in [-0.3, -0.25) is 0 Å². The van der Waals surface area contributed by atoms with Crippen LogP contribution in [0.25, 0.3) is 0 Å². The van der Waals surface area contributed by atoms with Crippen LogP contribution < -0.4 is 0 Å². The second-order valence-electron chi connectivity index (χ2n) is 4.55. The van der Waals surface area contributed by atoms with Gasteiger partial charge < -0.3 is 0 Å². The average molecular weight is 319 g/mol. The Morgan fingerprint density at radius 3 is 2.44 bits per heavy atom. The number of hydrogen-bond donors (Lipinski definition) is 0. The van der Waals surface area contributed by atoms with Gasteiger partial charge in [-0.1, -0.05) is 29.3 Å². The molecule has 5 heteroatoms. The van der Waals surface area contributed by atoms with Crippen molar-refractivity contribution < 1.29 is 4.58 Å². The maximum atomic E-state index is 6.24. The first-order valence-electron chi connectivity index (χ1n) is 6.14. The first-order chi connectivity index (χ1) is 8.74. The zero-order valence-corrected chi connectivity index (χ0v) is 13.0. The van der Waals surface area contributed by atoms with Gasteiger partial charge in [-0.05, 0) is 47.6 Å². The van der Waals surface area contributed by atoms with Crippen molar-refractivity contribution in [2.75, 3.05) is 13.1 Å². The van der Waals surface area contributed by atoms with Gasteiger partial charge >= 0.3 is 0 Å². The summed E-state index contributed by atoms with van der Waals surface area (Å²) in [6, 6.07) is 5.80. The van der Waals surface area contributed by atoms with Crippen LogP contribution in [-0.2, 0) is 0 Å². The maximum absolute atomic E-state index is 6.24. The topological polar surface area (TPSA) is 3.01 Å². The van der Waals surface area contributed by atoms with Crippen LogP contribution in [0.5, 0.6) is 0 Å². The molecule has 96 valence electrons. The van der Waals surface area contributed by atoms with E-state index in [9.17, 15) is 0 Å². The Labute approximate surface area is 126 Å². The van der Waals surface area contributed by atoms with E-state index in [0.29, 0.717) is 9.60 Å². The zero-order valence-electron chi connectivity index (χ0n) is 9.86. The summed E-state index contributed by atoms with van der Waals surface area (Å²) >= 11 is 16.0. The fourth-order valence-electron chi connectivity index (χ4n) is 2.24. The van der Waals surface area contributed by atoms with Gasteiger partial charge in [0.1, 0.15) is 13.1 Å². The molecule has 1 aromatic rings. The van der Waals surface area contributed by atoms with Crippen LogP contribution in [0.3, 0.4) is 0 Å². The molecule has 0 spiro atoms. The smallest absolute Gasteiger partial charge is 0.219 e. The van der Waals surface area contributed by atoms with Gasteiger partial charge in [-0.15, -0.1) is 0 Å². The first-order valence-corrected chi connectivity index (χ1v) is 8.66. The quantitative estimate of drug-likeness (QED) is 0.668. The average Bonchev–Trinajstić information content (AvgIpc) is 2.31. The molecule has 0 atom stereocenters. The highest BCUT2D eigenvalue weighted by molar-refractivity contribution is 8.52. The summed E-state index contributed by atoms with van der Waals surface area (Å²) < 4.78 is 4.41. The number of piperidine rings is 1. The molecule has 0 amide bonds. The molecule has 3 rings (SSSR count). The van der Waals surface area contributed by atoms with Crippen LogP contribution in [0.2, 0.25) is 10.0 Å². The van der Waals surface area contributed by atoms with E-state index in [2.05, 4.69) is 4.58 Å². The highest BCUT2D eigenvalue weighted by Crippen LogP contribution is 2.55. The minimum Gasteiger partial charge on any atom is -0.219 e. The van der Waals surface area contributed by atoms with Crippen molar-refractivity contribution in [1.29, 1.82) is 0 Å². The molecule has 2 aliphatic rings. The van der Waals surface area contributed by atoms with Gasteiger partial charge in [0.15, 0.2) is 0 Å². The van der Waals surface area contributed by atoms with E-state index in [4.69, 9.17) is 23.2 Å². The van der Waals surface area contributed by atoms with E-state index < -0.39 is 0 Å². The standard InChI is InChI=1S/C13H14Cl2NS2/c14-9-4-5-10(11(15)8-9)12-17-13(18-12)16-6-2-1-3-7-16/h4-5,8,12H,1-3,6-7H2/q+1. The van der Waals surface area contributed by atoms with E-state index >= 15 is 0 Å². The van der Waals surface area contributed by atoms with E-state index in [0.717, 1.165) is 5.02 Å². The molecule has 2 saturated heterocycles. The largest absolute Gasteiger partial charge is 0.272 e. The molecule has 1 nitrogen and oxygen atoms in total. The van der Waals surface area contributed by atoms with Gasteiger partial charge in [-0.25, -0.2) is 4.58 Å². The van der Waals surface area contributed by atoms with Crippen molar-refractivity contribution in [3.05, 3.63) is 33.8 Å². The molecule has 0 aromatic heterocycles. The molecule has 18 heavy (non-hydrogen) atoms. The van der Waals surface area contributed by atoms with E-state index in [1.165, 1.54) is 42.3 Å². The Morgan fingerprint density at radius 1 is 1.06 bits per heavy atom. The summed E-state index contributed by atoms with van der Waals surface area (Å²) in [5.74, 6) is 0. The van der Waals surface area contributed by atoms with E-state index in [1.807, 2.05) is 41.7 Å². The predicted octanol–water partition coefficient (Wildman–Crippen LogP) is 5.02. The minimum atomic E-state index is 0.437. The lowest BCUT2D eigenvalue weighted by molar-refractivity contribution is -0.532. The SMILES string of the molecule is Clc1ccc(C2SC(=[N+]3CCCCC3)S2)c(Cl)c1. The van der Waals surface area contributed by atoms with Crippen LogP contribution in [0, 0.1) is 0 Å². The van der Waals surface area contributed by atoms with Crippen LogP contribution in [0.15, 0.2) is 18.2 Å². The molecular formula is C13H14Cl2NS2+. The molecule has 0 aliphatic carbocycles. The van der Waals surface area contributed by atoms with Crippen LogP contribution in [0.4, 0.5) is 0 Å². The van der Waals surface area contributed by atoms with Gasteiger partial charge in [0, 0.05) is 22.9 Å². The number of benzene rings is 1. The third kappa shape index (κ3) is 2.69. The van der Waals surface area contributed by atoms with Crippen molar-refractivity contribution in [2.24, 2.45) is 0 Å². The monoisotopic (exact) mass is 318 g/mol. The van der Waals surface area contributed by atoms with Crippen LogP contribution >= 0.6 is 46.7 Å². The lowest BCUT2D eigenvalue weighted by Gasteiger charge is -2.26. The predicted molar refractivity (Wildman–Crippen MR) is 83.2 cm³/mol. The molecule has 2 heterocycles. The molecular weight excluding hydrogens is 305 g/mol. The van der Waals surface area contributed by atoms with E-state index in [-0.39, 0.29) is 0 Å². The summed E-state index contributed by atoms with van der Waals surface area (Å²) in [5.41, 5.74) is 1.19. The van der Waals surface area contributed by atoms with Gasteiger partial charge in [0.2, 0.25) is 0 Å². The summed E-state index contributed by atoms with van der Waals surface area (Å²) in [4.78, 5) is 0. The molecule has 0 unspecified atom stereocenters. The van der Waals surface area contributed by atoms with Crippen LogP contribution in [0.1, 0.15) is 29.4 Å². The van der Waals surface area contributed by atoms with Crippen molar-refractivity contribution in [3.63, 3.8) is 0 Å². The molecule has 0 saturated carbocycles. The lowest BCUT2D eigenvalue weighted by atomic mass is 10.2. The summed E-state index contributed by atoms with van der Waals surface area (Å²) in [5, 5.41) is 1.49. The Balaban J connectivity index is 1.71. The molecule has 2 aliphatic heterocycles. The third-order valence-electron chi connectivity index (χ3n) is 3.25. The highest BCUT2D eigenvalue weighted by atomic mass is 35.5. The fourth-order valence-corrected chi connectivity index (χ4v) is 5.43. The fraction of sp³-hybridized carbons (Fsp3) is 0.462. The molecule has 0 bridgehead atoms. The number of halogens is 2. The summed E-state index contributed by atoms with van der Waals surface area (Å²) in [6.45, 7) is 2.44. The Bertz CT molecular complexity index is 486. The second kappa shape index (κ2) is 5.66. The Hall–Kier alpha value is 0.170. The third-order valence-corrected chi connectivity index (χ3v) is 6.82. The van der Waals surface area contributed by atoms with Gasteiger partial charge in [0.25, 0.3) is 4.38 Å². The number of rotatable bonds is 1. The number of thioether (sulfide) groups is 2. The second-order valence-corrected chi connectivity index (χ2v) is 8.14. The lowest BCUT2D eigenvalue weighted by Crippen LogP contribution is -2.28. The highest BCUT2D eigenvalue weighted by Gasteiger charge is 2.37. The summed E-state index contributed by atoms with van der Waals surface area (Å²) in [6.07, 6.45) is 4.04. The Kier molecular flexibility index (Phi) is 4.14. The molecule has 1 aromatic carbocycles. The van der Waals surface area contributed by atoms with Crippen molar-refractivity contribution in [1.82, 2.24) is 0 Å². The number of nitrogens with zero attached hydrogens (tertiary/aromatic N) is 1. The molecule has 0 N–H and O–H groups in total. The molecule has 0 radical (unpaired) electrons. The zero-order chi connectivity index (χ0) is 12.5.